The van der Waals surface area contributed by atoms with Crippen molar-refractivity contribution in [1.29, 1.82) is 0 Å². The highest BCUT2D eigenvalue weighted by Gasteiger charge is 2.45. The van der Waals surface area contributed by atoms with Gasteiger partial charge in [-0.1, -0.05) is 6.07 Å². The van der Waals surface area contributed by atoms with Crippen molar-refractivity contribution in [3.63, 3.8) is 0 Å². The predicted octanol–water partition coefficient (Wildman–Crippen LogP) is 2.32. The Bertz CT molecular complexity index is 725. The fourth-order valence-corrected chi connectivity index (χ4v) is 3.69. The van der Waals surface area contributed by atoms with E-state index in [0.717, 1.165) is 31.6 Å². The SMILES string of the molecule is O=C(c1ccccn1)N1CCC[C@]2(C[C@@H](Oc3cccnc3)CO2)C1. The van der Waals surface area contributed by atoms with E-state index in [4.69, 9.17) is 9.47 Å². The maximum atomic E-state index is 12.7. The van der Waals surface area contributed by atoms with E-state index in [9.17, 15) is 4.79 Å². The van der Waals surface area contributed by atoms with Gasteiger partial charge in [-0.05, 0) is 37.1 Å². The highest BCUT2D eigenvalue weighted by molar-refractivity contribution is 5.92. The standard InChI is InChI=1S/C19H21N3O3/c23-18(17-6-1-2-9-21-17)22-10-4-7-19(14-22)11-16(13-24-19)25-15-5-3-8-20-12-15/h1-3,5-6,8-9,12,16H,4,7,10-11,13-14H2/t16-,19+/m1/s1. The van der Waals surface area contributed by atoms with Crippen molar-refractivity contribution in [2.24, 2.45) is 0 Å². The third-order valence-corrected chi connectivity index (χ3v) is 4.82. The molecule has 0 saturated carbocycles. The number of piperidine rings is 1. The Morgan fingerprint density at radius 2 is 2.24 bits per heavy atom. The molecule has 0 aromatic carbocycles. The number of carbonyl (C=O) groups excluding carboxylic acids is 1. The molecule has 0 radical (unpaired) electrons. The van der Waals surface area contributed by atoms with Crippen LogP contribution in [-0.4, -0.2) is 52.2 Å². The molecule has 0 aliphatic carbocycles. The molecule has 25 heavy (non-hydrogen) atoms. The first-order valence-electron chi connectivity index (χ1n) is 8.65. The molecule has 2 aliphatic heterocycles. The number of rotatable bonds is 3. The van der Waals surface area contributed by atoms with Gasteiger partial charge in [0.15, 0.2) is 0 Å². The Morgan fingerprint density at radius 1 is 1.28 bits per heavy atom. The second kappa shape index (κ2) is 6.80. The molecule has 2 saturated heterocycles. The van der Waals surface area contributed by atoms with Crippen LogP contribution in [0.15, 0.2) is 48.9 Å². The molecule has 4 heterocycles. The van der Waals surface area contributed by atoms with Gasteiger partial charge in [0.2, 0.25) is 0 Å². The summed E-state index contributed by atoms with van der Waals surface area (Å²) in [7, 11) is 0. The Hall–Kier alpha value is -2.47. The third kappa shape index (κ3) is 3.49. The van der Waals surface area contributed by atoms with Crippen LogP contribution in [0.3, 0.4) is 0 Å². The van der Waals surface area contributed by atoms with Gasteiger partial charge in [-0.3, -0.25) is 14.8 Å². The fourth-order valence-electron chi connectivity index (χ4n) is 3.69. The summed E-state index contributed by atoms with van der Waals surface area (Å²) in [6.07, 6.45) is 7.74. The summed E-state index contributed by atoms with van der Waals surface area (Å²) in [5, 5.41) is 0. The van der Waals surface area contributed by atoms with E-state index in [-0.39, 0.29) is 17.6 Å². The van der Waals surface area contributed by atoms with Crippen LogP contribution >= 0.6 is 0 Å². The Labute approximate surface area is 146 Å². The predicted molar refractivity (Wildman–Crippen MR) is 91.3 cm³/mol. The van der Waals surface area contributed by atoms with Crippen LogP contribution in [0.1, 0.15) is 29.8 Å². The maximum Gasteiger partial charge on any atom is 0.272 e. The number of likely N-dealkylation sites (tertiary alicyclic amines) is 1. The number of carbonyl (C=O) groups is 1. The van der Waals surface area contributed by atoms with Gasteiger partial charge in [0.05, 0.1) is 24.9 Å². The lowest BCUT2D eigenvalue weighted by Crippen LogP contribution is -2.50. The van der Waals surface area contributed by atoms with E-state index in [1.807, 2.05) is 29.2 Å². The molecule has 2 aromatic heterocycles. The number of amides is 1. The average Bonchev–Trinajstić information content (AvgIpc) is 3.04. The van der Waals surface area contributed by atoms with Crippen molar-refractivity contribution in [2.75, 3.05) is 19.7 Å². The lowest BCUT2D eigenvalue weighted by Gasteiger charge is -2.39. The molecule has 130 valence electrons. The van der Waals surface area contributed by atoms with Crippen LogP contribution in [0, 0.1) is 0 Å². The minimum atomic E-state index is -0.310. The van der Waals surface area contributed by atoms with Crippen molar-refractivity contribution >= 4 is 5.91 Å². The monoisotopic (exact) mass is 339 g/mol. The molecule has 2 fully saturated rings. The van der Waals surface area contributed by atoms with Crippen molar-refractivity contribution in [3.05, 3.63) is 54.6 Å². The average molecular weight is 339 g/mol. The molecule has 2 atom stereocenters. The minimum Gasteiger partial charge on any atom is -0.486 e. The van der Waals surface area contributed by atoms with Gasteiger partial charge in [0, 0.05) is 25.4 Å². The largest absolute Gasteiger partial charge is 0.486 e. The summed E-state index contributed by atoms with van der Waals surface area (Å²) in [4.78, 5) is 22.8. The van der Waals surface area contributed by atoms with Gasteiger partial charge in [-0.25, -0.2) is 0 Å². The Kier molecular flexibility index (Phi) is 4.36. The van der Waals surface area contributed by atoms with Gasteiger partial charge in [0.1, 0.15) is 17.5 Å². The molecule has 0 unspecified atom stereocenters. The van der Waals surface area contributed by atoms with E-state index in [1.54, 1.807) is 24.7 Å². The van der Waals surface area contributed by atoms with Gasteiger partial charge in [-0.2, -0.15) is 0 Å². The van der Waals surface area contributed by atoms with E-state index in [2.05, 4.69) is 9.97 Å². The molecule has 0 N–H and O–H groups in total. The molecular weight excluding hydrogens is 318 g/mol. The van der Waals surface area contributed by atoms with Gasteiger partial charge in [-0.15, -0.1) is 0 Å². The second-order valence-electron chi connectivity index (χ2n) is 6.67. The van der Waals surface area contributed by atoms with E-state index < -0.39 is 0 Å². The zero-order chi connectivity index (χ0) is 17.1. The molecular formula is C19H21N3O3. The summed E-state index contributed by atoms with van der Waals surface area (Å²) in [6, 6.07) is 9.16. The number of hydrogen-bond donors (Lipinski definition) is 0. The molecule has 1 spiro atoms. The molecule has 0 bridgehead atoms. The van der Waals surface area contributed by atoms with Crippen LogP contribution in [0.2, 0.25) is 0 Å². The molecule has 2 aliphatic rings. The normalized spacial score (nSPS) is 25.9. The van der Waals surface area contributed by atoms with E-state index in [1.165, 1.54) is 0 Å². The topological polar surface area (TPSA) is 64.6 Å². The zero-order valence-electron chi connectivity index (χ0n) is 14.0. The first-order chi connectivity index (χ1) is 12.2. The summed E-state index contributed by atoms with van der Waals surface area (Å²) >= 11 is 0. The van der Waals surface area contributed by atoms with Crippen LogP contribution < -0.4 is 4.74 Å². The first kappa shape index (κ1) is 16.0. The molecule has 6 heteroatoms. The van der Waals surface area contributed by atoms with Crippen molar-refractivity contribution < 1.29 is 14.3 Å². The number of pyridine rings is 2. The summed E-state index contributed by atoms with van der Waals surface area (Å²) in [5.41, 5.74) is 0.177. The molecule has 4 rings (SSSR count). The molecule has 6 nitrogen and oxygen atoms in total. The lowest BCUT2D eigenvalue weighted by atomic mass is 9.89. The summed E-state index contributed by atoms with van der Waals surface area (Å²) in [6.45, 7) is 1.88. The number of hydrogen-bond acceptors (Lipinski definition) is 5. The van der Waals surface area contributed by atoms with Crippen LogP contribution in [0.5, 0.6) is 5.75 Å². The van der Waals surface area contributed by atoms with Crippen molar-refractivity contribution in [2.45, 2.75) is 31.0 Å². The van der Waals surface area contributed by atoms with Crippen LogP contribution in [0.25, 0.3) is 0 Å². The highest BCUT2D eigenvalue weighted by atomic mass is 16.6. The van der Waals surface area contributed by atoms with Gasteiger partial charge >= 0.3 is 0 Å². The van der Waals surface area contributed by atoms with Crippen molar-refractivity contribution in [3.8, 4) is 5.75 Å². The Balaban J connectivity index is 1.42. The summed E-state index contributed by atoms with van der Waals surface area (Å²) in [5.74, 6) is 0.727. The second-order valence-corrected chi connectivity index (χ2v) is 6.67. The first-order valence-corrected chi connectivity index (χ1v) is 8.65. The van der Waals surface area contributed by atoms with Gasteiger partial charge < -0.3 is 14.4 Å². The highest BCUT2D eigenvalue weighted by Crippen LogP contribution is 2.36. The van der Waals surface area contributed by atoms with Crippen molar-refractivity contribution in [1.82, 2.24) is 14.9 Å². The minimum absolute atomic E-state index is 0.00546. The quantitative estimate of drug-likeness (QED) is 0.859. The summed E-state index contributed by atoms with van der Waals surface area (Å²) < 4.78 is 12.1. The molecule has 1 amide bonds. The molecule has 2 aromatic rings. The van der Waals surface area contributed by atoms with E-state index in [0.29, 0.717) is 18.8 Å². The van der Waals surface area contributed by atoms with E-state index >= 15 is 0 Å². The maximum absolute atomic E-state index is 12.7. The Morgan fingerprint density at radius 3 is 3.04 bits per heavy atom. The zero-order valence-corrected chi connectivity index (χ0v) is 14.0. The number of ether oxygens (including phenoxy) is 2. The van der Waals surface area contributed by atoms with Crippen LogP contribution in [0.4, 0.5) is 0 Å². The third-order valence-electron chi connectivity index (χ3n) is 4.82. The van der Waals surface area contributed by atoms with Gasteiger partial charge in [0.25, 0.3) is 5.91 Å². The number of nitrogens with zero attached hydrogens (tertiary/aromatic N) is 3. The fraction of sp³-hybridized carbons (Fsp3) is 0.421. The number of aromatic nitrogens is 2. The lowest BCUT2D eigenvalue weighted by molar-refractivity contribution is -0.0454. The smallest absolute Gasteiger partial charge is 0.272 e. The van der Waals surface area contributed by atoms with Crippen LogP contribution in [-0.2, 0) is 4.74 Å².